The predicted molar refractivity (Wildman–Crippen MR) is 38.1 cm³/mol. The maximum Gasteiger partial charge on any atom is 0.338 e. The molecule has 0 unspecified atom stereocenters. The molecule has 0 aromatic rings. The Kier molecular flexibility index (Phi) is 3.04. The van der Waals surface area contributed by atoms with E-state index in [1.807, 2.05) is 0 Å². The highest BCUT2D eigenvalue weighted by Crippen LogP contribution is 1.98. The second-order valence-corrected chi connectivity index (χ2v) is 1.92. The number of esters is 1. The van der Waals surface area contributed by atoms with Crippen molar-refractivity contribution in [3.05, 3.63) is 24.5 Å². The van der Waals surface area contributed by atoms with Crippen LogP contribution >= 0.6 is 0 Å². The van der Waals surface area contributed by atoms with E-state index in [9.17, 15) is 9.59 Å². The maximum atomic E-state index is 10.6. The minimum absolute atomic E-state index is 0.160. The quantitative estimate of drug-likeness (QED) is 0.336. The molecule has 0 saturated carbocycles. The molecule has 4 heteroatoms. The van der Waals surface area contributed by atoms with Crippen LogP contribution in [0.2, 0.25) is 0 Å². The Balaban J connectivity index is 4.07. The van der Waals surface area contributed by atoms with Crippen LogP contribution in [-0.2, 0) is 14.3 Å². The SMILES string of the molecule is C=C(C)C(=O)OC(=C)C([NH])=O. The van der Waals surface area contributed by atoms with Crippen molar-refractivity contribution in [2.45, 2.75) is 6.92 Å². The number of amides is 1. The number of ether oxygens (including phenoxy) is 1. The molecule has 0 spiro atoms. The monoisotopic (exact) mass is 154 g/mol. The molecule has 0 aliphatic heterocycles. The number of rotatable bonds is 3. The van der Waals surface area contributed by atoms with Gasteiger partial charge in [0.05, 0.1) is 0 Å². The third-order valence-corrected chi connectivity index (χ3v) is 0.818. The molecule has 1 amide bonds. The summed E-state index contributed by atoms with van der Waals surface area (Å²) in [6.07, 6.45) is 0. The summed E-state index contributed by atoms with van der Waals surface area (Å²) >= 11 is 0. The van der Waals surface area contributed by atoms with Crippen LogP contribution in [-0.4, -0.2) is 11.9 Å². The molecular formula is C7H8NO3. The van der Waals surface area contributed by atoms with Crippen molar-refractivity contribution in [1.29, 1.82) is 0 Å². The molecule has 0 atom stereocenters. The standard InChI is InChI=1S/C7H8NO3/c1-4(2)7(10)11-5(3)6(8)9/h8H,1,3H2,2H3. The molecule has 59 valence electrons. The third kappa shape index (κ3) is 3.20. The maximum absolute atomic E-state index is 10.6. The Morgan fingerprint density at radius 2 is 1.82 bits per heavy atom. The lowest BCUT2D eigenvalue weighted by molar-refractivity contribution is -0.138. The van der Waals surface area contributed by atoms with Crippen LogP contribution < -0.4 is 5.73 Å². The van der Waals surface area contributed by atoms with Crippen LogP contribution in [0.25, 0.3) is 0 Å². The molecule has 0 aromatic carbocycles. The average Bonchev–Trinajstić information content (AvgIpc) is 1.87. The van der Waals surface area contributed by atoms with Crippen LogP contribution in [0.5, 0.6) is 0 Å². The van der Waals surface area contributed by atoms with Crippen LogP contribution in [0.4, 0.5) is 0 Å². The van der Waals surface area contributed by atoms with Gasteiger partial charge in [-0.3, -0.25) is 10.5 Å². The van der Waals surface area contributed by atoms with Crippen LogP contribution in [0, 0.1) is 0 Å². The van der Waals surface area contributed by atoms with Gasteiger partial charge < -0.3 is 4.74 Å². The van der Waals surface area contributed by atoms with Crippen molar-refractivity contribution in [2.75, 3.05) is 0 Å². The average molecular weight is 154 g/mol. The van der Waals surface area contributed by atoms with Gasteiger partial charge in [-0.05, 0) is 13.5 Å². The van der Waals surface area contributed by atoms with Gasteiger partial charge in [-0.25, -0.2) is 4.79 Å². The number of hydrogen-bond donors (Lipinski definition) is 0. The van der Waals surface area contributed by atoms with E-state index in [0.717, 1.165) is 0 Å². The molecule has 0 aliphatic carbocycles. The zero-order chi connectivity index (χ0) is 9.02. The van der Waals surface area contributed by atoms with Crippen molar-refractivity contribution >= 4 is 11.9 Å². The third-order valence-electron chi connectivity index (χ3n) is 0.818. The normalized spacial score (nSPS) is 8.45. The molecule has 4 nitrogen and oxygen atoms in total. The lowest BCUT2D eigenvalue weighted by Gasteiger charge is -2.00. The molecule has 1 N–H and O–H groups in total. The van der Waals surface area contributed by atoms with Gasteiger partial charge in [-0.1, -0.05) is 6.58 Å². The van der Waals surface area contributed by atoms with Gasteiger partial charge in [0.2, 0.25) is 0 Å². The first-order valence-corrected chi connectivity index (χ1v) is 2.77. The summed E-state index contributed by atoms with van der Waals surface area (Å²) in [6, 6.07) is 0. The summed E-state index contributed by atoms with van der Waals surface area (Å²) in [4.78, 5) is 20.8. The van der Waals surface area contributed by atoms with E-state index in [1.54, 1.807) is 0 Å². The summed E-state index contributed by atoms with van der Waals surface area (Å²) < 4.78 is 4.30. The minimum Gasteiger partial charge on any atom is -0.418 e. The Morgan fingerprint density at radius 1 is 1.36 bits per heavy atom. The number of carbonyl (C=O) groups is 2. The van der Waals surface area contributed by atoms with Crippen LogP contribution in [0.3, 0.4) is 0 Å². The van der Waals surface area contributed by atoms with Crippen LogP contribution in [0.1, 0.15) is 6.92 Å². The molecule has 0 aromatic heterocycles. The fourth-order valence-electron chi connectivity index (χ4n) is 0.245. The first-order valence-electron chi connectivity index (χ1n) is 2.77. The van der Waals surface area contributed by atoms with Gasteiger partial charge in [-0.2, -0.15) is 0 Å². The second-order valence-electron chi connectivity index (χ2n) is 1.92. The molecule has 0 rings (SSSR count). The van der Waals surface area contributed by atoms with Crippen molar-refractivity contribution in [2.24, 2.45) is 0 Å². The van der Waals surface area contributed by atoms with Gasteiger partial charge in [0.25, 0.3) is 0 Å². The number of carbonyl (C=O) groups excluding carboxylic acids is 2. The Hall–Kier alpha value is -1.58. The van der Waals surface area contributed by atoms with Gasteiger partial charge in [0, 0.05) is 5.57 Å². The van der Waals surface area contributed by atoms with E-state index in [1.165, 1.54) is 6.92 Å². The Morgan fingerprint density at radius 3 is 2.09 bits per heavy atom. The summed E-state index contributed by atoms with van der Waals surface area (Å²) in [7, 11) is 0. The van der Waals surface area contributed by atoms with E-state index in [0.29, 0.717) is 0 Å². The largest absolute Gasteiger partial charge is 0.418 e. The first kappa shape index (κ1) is 9.42. The molecule has 0 fully saturated rings. The zero-order valence-corrected chi connectivity index (χ0v) is 6.14. The fraction of sp³-hybridized carbons (Fsp3) is 0.143. The first-order chi connectivity index (χ1) is 4.95. The molecule has 0 heterocycles. The van der Waals surface area contributed by atoms with Gasteiger partial charge in [0.15, 0.2) is 5.76 Å². The van der Waals surface area contributed by atoms with Crippen molar-refractivity contribution in [3.8, 4) is 0 Å². The van der Waals surface area contributed by atoms with Crippen LogP contribution in [0.15, 0.2) is 24.5 Å². The highest BCUT2D eigenvalue weighted by atomic mass is 16.5. The van der Waals surface area contributed by atoms with E-state index < -0.39 is 17.6 Å². The van der Waals surface area contributed by atoms with Crippen molar-refractivity contribution in [1.82, 2.24) is 5.73 Å². The van der Waals surface area contributed by atoms with Gasteiger partial charge in [0.1, 0.15) is 0 Å². The molecule has 11 heavy (non-hydrogen) atoms. The highest BCUT2D eigenvalue weighted by molar-refractivity contribution is 5.95. The van der Waals surface area contributed by atoms with Crippen molar-refractivity contribution < 1.29 is 14.3 Å². The van der Waals surface area contributed by atoms with E-state index in [2.05, 4.69) is 17.9 Å². The molecule has 0 saturated heterocycles. The highest BCUT2D eigenvalue weighted by Gasteiger charge is 2.09. The summed E-state index contributed by atoms with van der Waals surface area (Å²) in [5.74, 6) is -2.34. The number of nitrogens with one attached hydrogen (secondary N) is 1. The summed E-state index contributed by atoms with van der Waals surface area (Å²) in [6.45, 7) is 7.77. The smallest absolute Gasteiger partial charge is 0.338 e. The lowest BCUT2D eigenvalue weighted by atomic mass is 10.4. The van der Waals surface area contributed by atoms with E-state index in [-0.39, 0.29) is 5.57 Å². The molecular weight excluding hydrogens is 146 g/mol. The predicted octanol–water partition coefficient (Wildman–Crippen LogP) is 0.429. The lowest BCUT2D eigenvalue weighted by Crippen LogP contribution is -2.11. The Labute approximate surface area is 64.3 Å². The second kappa shape index (κ2) is 3.55. The molecule has 0 aliphatic rings. The van der Waals surface area contributed by atoms with E-state index >= 15 is 0 Å². The van der Waals surface area contributed by atoms with E-state index in [4.69, 9.17) is 5.73 Å². The summed E-state index contributed by atoms with van der Waals surface area (Å²) in [5.41, 5.74) is 6.63. The number of hydrogen-bond acceptors (Lipinski definition) is 3. The minimum atomic E-state index is -1.11. The Bertz CT molecular complexity index is 206. The molecule has 0 bridgehead atoms. The molecule has 1 radical (unpaired) electrons. The van der Waals surface area contributed by atoms with Gasteiger partial charge >= 0.3 is 11.9 Å². The summed E-state index contributed by atoms with van der Waals surface area (Å²) in [5, 5.41) is 0. The van der Waals surface area contributed by atoms with Crippen molar-refractivity contribution in [3.63, 3.8) is 0 Å². The topological polar surface area (TPSA) is 67.2 Å². The van der Waals surface area contributed by atoms with Gasteiger partial charge in [-0.15, -0.1) is 0 Å². The zero-order valence-electron chi connectivity index (χ0n) is 6.14. The fourth-order valence-corrected chi connectivity index (χ4v) is 0.245.